The van der Waals surface area contributed by atoms with E-state index in [-0.39, 0.29) is 11.9 Å². The maximum Gasteiger partial charge on any atom is 0.241 e. The van der Waals surface area contributed by atoms with E-state index in [1.165, 1.54) is 0 Å². The minimum atomic E-state index is -0.571. The number of nitrogens with zero attached hydrogens (tertiary/aromatic N) is 1. The molecule has 1 aliphatic rings. The summed E-state index contributed by atoms with van der Waals surface area (Å²) in [4.78, 5) is 14.5. The average Bonchev–Trinajstić information content (AvgIpc) is 2.47. The van der Waals surface area contributed by atoms with E-state index in [0.717, 1.165) is 38.0 Å². The Labute approximate surface area is 115 Å². The van der Waals surface area contributed by atoms with Crippen LogP contribution >= 0.6 is 0 Å². The summed E-state index contributed by atoms with van der Waals surface area (Å²) in [7, 11) is 0. The third-order valence-corrected chi connectivity index (χ3v) is 3.74. The Morgan fingerprint density at radius 3 is 2.89 bits per heavy atom. The zero-order valence-corrected chi connectivity index (χ0v) is 11.5. The summed E-state index contributed by atoms with van der Waals surface area (Å²) >= 11 is 0. The number of likely N-dealkylation sites (N-methyl/N-ethyl adjacent to an activating group) is 1. The van der Waals surface area contributed by atoms with Gasteiger partial charge in [0.2, 0.25) is 5.91 Å². The Hall–Kier alpha value is -1.39. The number of nitrogens with one attached hydrogen (secondary N) is 1. The third-order valence-electron chi connectivity index (χ3n) is 3.74. The van der Waals surface area contributed by atoms with Crippen molar-refractivity contribution in [3.05, 3.63) is 35.9 Å². The van der Waals surface area contributed by atoms with Gasteiger partial charge in [-0.15, -0.1) is 0 Å². The van der Waals surface area contributed by atoms with Crippen molar-refractivity contribution in [2.24, 2.45) is 5.73 Å². The molecule has 0 radical (unpaired) electrons. The number of hydrogen-bond donors (Lipinski definition) is 2. The van der Waals surface area contributed by atoms with Crippen LogP contribution < -0.4 is 11.1 Å². The summed E-state index contributed by atoms with van der Waals surface area (Å²) in [6.07, 6.45) is 2.18. The normalized spacial score (nSPS) is 21.9. The number of benzene rings is 1. The average molecular weight is 261 g/mol. The van der Waals surface area contributed by atoms with E-state index >= 15 is 0 Å². The van der Waals surface area contributed by atoms with Crippen LogP contribution in [0.5, 0.6) is 0 Å². The fraction of sp³-hybridized carbons (Fsp3) is 0.533. The highest BCUT2D eigenvalue weighted by atomic mass is 16.2. The van der Waals surface area contributed by atoms with Crippen molar-refractivity contribution < 1.29 is 4.79 Å². The van der Waals surface area contributed by atoms with Gasteiger partial charge in [0.15, 0.2) is 0 Å². The van der Waals surface area contributed by atoms with Gasteiger partial charge in [-0.25, -0.2) is 0 Å². The molecule has 0 aliphatic carbocycles. The summed E-state index contributed by atoms with van der Waals surface area (Å²) in [5, 5.41) is 3.08. The lowest BCUT2D eigenvalue weighted by molar-refractivity contribution is -0.123. The van der Waals surface area contributed by atoms with Crippen molar-refractivity contribution in [2.45, 2.75) is 31.8 Å². The Bertz CT molecular complexity index is 407. The van der Waals surface area contributed by atoms with Crippen LogP contribution in [0.1, 0.15) is 31.4 Å². The van der Waals surface area contributed by atoms with Crippen LogP contribution in [-0.4, -0.2) is 36.5 Å². The first-order chi connectivity index (χ1) is 9.20. The van der Waals surface area contributed by atoms with Gasteiger partial charge in [0.05, 0.1) is 0 Å². The van der Waals surface area contributed by atoms with Crippen LogP contribution in [0.2, 0.25) is 0 Å². The Kier molecular flexibility index (Phi) is 4.93. The lowest BCUT2D eigenvalue weighted by Gasteiger charge is -2.32. The summed E-state index contributed by atoms with van der Waals surface area (Å²) < 4.78 is 0. The van der Waals surface area contributed by atoms with Crippen molar-refractivity contribution in [1.82, 2.24) is 10.2 Å². The van der Waals surface area contributed by atoms with Gasteiger partial charge in [-0.2, -0.15) is 0 Å². The number of rotatable bonds is 4. The fourth-order valence-corrected chi connectivity index (χ4v) is 2.56. The molecule has 19 heavy (non-hydrogen) atoms. The van der Waals surface area contributed by atoms with Crippen molar-refractivity contribution in [1.29, 1.82) is 0 Å². The highest BCUT2D eigenvalue weighted by molar-refractivity contribution is 5.83. The quantitative estimate of drug-likeness (QED) is 0.858. The highest BCUT2D eigenvalue weighted by Crippen LogP contribution is 2.13. The molecule has 1 saturated heterocycles. The second-order valence-electron chi connectivity index (χ2n) is 5.13. The molecule has 1 amide bonds. The number of likely N-dealkylation sites (tertiary alicyclic amines) is 1. The molecule has 1 heterocycles. The second-order valence-corrected chi connectivity index (χ2v) is 5.13. The molecule has 0 spiro atoms. The van der Waals surface area contributed by atoms with Gasteiger partial charge < -0.3 is 16.0 Å². The first-order valence-electron chi connectivity index (χ1n) is 7.04. The summed E-state index contributed by atoms with van der Waals surface area (Å²) in [6.45, 7) is 5.26. The molecule has 2 atom stereocenters. The first kappa shape index (κ1) is 14.0. The van der Waals surface area contributed by atoms with Gasteiger partial charge >= 0.3 is 0 Å². The number of piperidine rings is 1. The van der Waals surface area contributed by atoms with E-state index in [1.807, 2.05) is 30.3 Å². The topological polar surface area (TPSA) is 58.4 Å². The van der Waals surface area contributed by atoms with Crippen LogP contribution in [-0.2, 0) is 4.79 Å². The Balaban J connectivity index is 1.90. The second kappa shape index (κ2) is 6.68. The van der Waals surface area contributed by atoms with Crippen LogP contribution in [0.4, 0.5) is 0 Å². The predicted octanol–water partition coefficient (Wildman–Crippen LogP) is 1.29. The molecule has 104 valence electrons. The standard InChI is InChI=1S/C15H23N3O/c1-2-18-10-6-9-13(11-18)17-15(19)14(16)12-7-4-3-5-8-12/h3-5,7-8,13-14H,2,6,9-11,16H2,1H3,(H,17,19)/t13?,14-/m0/s1. The summed E-state index contributed by atoms with van der Waals surface area (Å²) in [5.41, 5.74) is 6.86. The first-order valence-corrected chi connectivity index (χ1v) is 7.04. The highest BCUT2D eigenvalue weighted by Gasteiger charge is 2.23. The molecule has 4 nitrogen and oxygen atoms in total. The molecule has 2 rings (SSSR count). The van der Waals surface area contributed by atoms with Gasteiger partial charge in [0.1, 0.15) is 6.04 Å². The largest absolute Gasteiger partial charge is 0.350 e. The van der Waals surface area contributed by atoms with Crippen molar-refractivity contribution >= 4 is 5.91 Å². The van der Waals surface area contributed by atoms with Crippen molar-refractivity contribution in [2.75, 3.05) is 19.6 Å². The van der Waals surface area contributed by atoms with Crippen LogP contribution in [0.3, 0.4) is 0 Å². The molecule has 0 bridgehead atoms. The third kappa shape index (κ3) is 3.78. The summed E-state index contributed by atoms with van der Waals surface area (Å²) in [5.74, 6) is -0.0749. The zero-order chi connectivity index (χ0) is 13.7. The molecule has 0 saturated carbocycles. The Morgan fingerprint density at radius 1 is 1.47 bits per heavy atom. The smallest absolute Gasteiger partial charge is 0.241 e. The maximum absolute atomic E-state index is 12.2. The van der Waals surface area contributed by atoms with Gasteiger partial charge in [-0.1, -0.05) is 37.3 Å². The van der Waals surface area contributed by atoms with E-state index < -0.39 is 6.04 Å². The molecule has 1 unspecified atom stereocenters. The Morgan fingerprint density at radius 2 is 2.21 bits per heavy atom. The van der Waals surface area contributed by atoms with Crippen LogP contribution in [0, 0.1) is 0 Å². The maximum atomic E-state index is 12.2. The van der Waals surface area contributed by atoms with Crippen molar-refractivity contribution in [3.8, 4) is 0 Å². The number of carbonyl (C=O) groups excluding carboxylic acids is 1. The predicted molar refractivity (Wildman–Crippen MR) is 76.6 cm³/mol. The zero-order valence-electron chi connectivity index (χ0n) is 11.5. The molecular weight excluding hydrogens is 238 g/mol. The van der Waals surface area contributed by atoms with Gasteiger partial charge in [0, 0.05) is 12.6 Å². The van der Waals surface area contributed by atoms with E-state index in [2.05, 4.69) is 17.1 Å². The number of nitrogens with two attached hydrogens (primary N) is 1. The number of carbonyl (C=O) groups is 1. The SMILES string of the molecule is CCN1CCCC(NC(=O)[C@@H](N)c2ccccc2)C1. The summed E-state index contributed by atoms with van der Waals surface area (Å²) in [6, 6.07) is 9.18. The molecule has 1 aromatic carbocycles. The van der Waals surface area contributed by atoms with Gasteiger partial charge in [-0.05, 0) is 31.5 Å². The lowest BCUT2D eigenvalue weighted by atomic mass is 10.0. The monoisotopic (exact) mass is 261 g/mol. The number of hydrogen-bond acceptors (Lipinski definition) is 3. The number of amides is 1. The lowest BCUT2D eigenvalue weighted by Crippen LogP contribution is -2.49. The van der Waals surface area contributed by atoms with E-state index in [0.29, 0.717) is 0 Å². The molecule has 4 heteroatoms. The minimum absolute atomic E-state index is 0.0749. The molecule has 1 fully saturated rings. The molecular formula is C15H23N3O. The minimum Gasteiger partial charge on any atom is -0.350 e. The van der Waals surface area contributed by atoms with Gasteiger partial charge in [-0.3, -0.25) is 4.79 Å². The fourth-order valence-electron chi connectivity index (χ4n) is 2.56. The van der Waals surface area contributed by atoms with E-state index in [1.54, 1.807) is 0 Å². The molecule has 0 aromatic heterocycles. The van der Waals surface area contributed by atoms with Crippen molar-refractivity contribution in [3.63, 3.8) is 0 Å². The van der Waals surface area contributed by atoms with Gasteiger partial charge in [0.25, 0.3) is 0 Å². The molecule has 1 aromatic rings. The molecule has 1 aliphatic heterocycles. The van der Waals surface area contributed by atoms with Crippen LogP contribution in [0.25, 0.3) is 0 Å². The molecule has 3 N–H and O–H groups in total. The van der Waals surface area contributed by atoms with E-state index in [9.17, 15) is 4.79 Å². The van der Waals surface area contributed by atoms with Crippen LogP contribution in [0.15, 0.2) is 30.3 Å². The van der Waals surface area contributed by atoms with E-state index in [4.69, 9.17) is 5.73 Å².